The Bertz CT molecular complexity index is 702. The van der Waals surface area contributed by atoms with Crippen molar-refractivity contribution in [2.45, 2.75) is 32.4 Å². The third kappa shape index (κ3) is 5.97. The Morgan fingerprint density at radius 2 is 1.96 bits per heavy atom. The Labute approximate surface area is 156 Å². The topological polar surface area (TPSA) is 41.6 Å². The number of nitrogens with one attached hydrogen (secondary N) is 1. The molecule has 1 aliphatic heterocycles. The number of carbonyl (C=O) groups excluding carboxylic acids is 1. The highest BCUT2D eigenvalue weighted by molar-refractivity contribution is 5.76. The van der Waals surface area contributed by atoms with E-state index >= 15 is 0 Å². The van der Waals surface area contributed by atoms with Crippen LogP contribution in [0.5, 0.6) is 0 Å². The Balaban J connectivity index is 1.39. The molecule has 0 radical (unpaired) electrons. The van der Waals surface area contributed by atoms with Crippen molar-refractivity contribution < 1.29 is 9.53 Å². The molecule has 3 rings (SSSR count). The van der Waals surface area contributed by atoms with Crippen LogP contribution in [0.3, 0.4) is 0 Å². The lowest BCUT2D eigenvalue weighted by atomic mass is 10.1. The highest BCUT2D eigenvalue weighted by Crippen LogP contribution is 2.10. The van der Waals surface area contributed by atoms with Crippen LogP contribution in [-0.4, -0.2) is 43.2 Å². The standard InChI is InChI=1S/C22H28N2O2/c1-18-6-5-9-19(14-18)10-11-22(25)23-15-21-17-24(12-13-26-21)16-20-7-3-2-4-8-20/h2-9,14,21H,10-13,15-17H2,1H3,(H,23,25). The number of hydrogen-bond acceptors (Lipinski definition) is 3. The number of rotatable bonds is 7. The predicted octanol–water partition coefficient (Wildman–Crippen LogP) is 2.94. The number of ether oxygens (including phenoxy) is 1. The van der Waals surface area contributed by atoms with E-state index < -0.39 is 0 Å². The molecule has 0 aliphatic carbocycles. The van der Waals surface area contributed by atoms with Gasteiger partial charge in [0.25, 0.3) is 0 Å². The number of aryl methyl sites for hydroxylation is 2. The second-order valence-corrected chi connectivity index (χ2v) is 7.01. The quantitative estimate of drug-likeness (QED) is 0.833. The summed E-state index contributed by atoms with van der Waals surface area (Å²) in [6.45, 7) is 6.10. The lowest BCUT2D eigenvalue weighted by Gasteiger charge is -2.33. The smallest absolute Gasteiger partial charge is 0.220 e. The van der Waals surface area contributed by atoms with Crippen LogP contribution < -0.4 is 5.32 Å². The second-order valence-electron chi connectivity index (χ2n) is 7.01. The van der Waals surface area contributed by atoms with Gasteiger partial charge in [-0.3, -0.25) is 9.69 Å². The van der Waals surface area contributed by atoms with Gasteiger partial charge in [0.15, 0.2) is 0 Å². The van der Waals surface area contributed by atoms with Gasteiger partial charge in [-0.25, -0.2) is 0 Å². The van der Waals surface area contributed by atoms with E-state index in [9.17, 15) is 4.79 Å². The van der Waals surface area contributed by atoms with Crippen molar-refractivity contribution in [3.63, 3.8) is 0 Å². The molecule has 1 N–H and O–H groups in total. The summed E-state index contributed by atoms with van der Waals surface area (Å²) in [6.07, 6.45) is 1.36. The molecule has 4 heteroatoms. The lowest BCUT2D eigenvalue weighted by Crippen LogP contribution is -2.47. The van der Waals surface area contributed by atoms with Crippen LogP contribution in [0.2, 0.25) is 0 Å². The van der Waals surface area contributed by atoms with Gasteiger partial charge in [0.1, 0.15) is 0 Å². The van der Waals surface area contributed by atoms with E-state index in [1.807, 2.05) is 12.1 Å². The molecule has 0 spiro atoms. The number of morpholine rings is 1. The first-order valence-electron chi connectivity index (χ1n) is 9.39. The molecule has 0 aromatic heterocycles. The van der Waals surface area contributed by atoms with Crippen LogP contribution >= 0.6 is 0 Å². The van der Waals surface area contributed by atoms with E-state index in [1.54, 1.807) is 0 Å². The van der Waals surface area contributed by atoms with E-state index in [0.29, 0.717) is 13.0 Å². The average Bonchev–Trinajstić information content (AvgIpc) is 2.66. The van der Waals surface area contributed by atoms with Crippen LogP contribution in [0.25, 0.3) is 0 Å². The molecule has 0 saturated carbocycles. The molecule has 1 fully saturated rings. The molecule has 1 amide bonds. The molecule has 1 saturated heterocycles. The molecule has 138 valence electrons. The van der Waals surface area contributed by atoms with Crippen molar-refractivity contribution in [2.75, 3.05) is 26.2 Å². The molecule has 0 bridgehead atoms. The number of hydrogen-bond donors (Lipinski definition) is 1. The van der Waals surface area contributed by atoms with Gasteiger partial charge in [-0.15, -0.1) is 0 Å². The maximum atomic E-state index is 12.1. The minimum absolute atomic E-state index is 0.0652. The van der Waals surface area contributed by atoms with E-state index in [-0.39, 0.29) is 12.0 Å². The van der Waals surface area contributed by atoms with Crippen molar-refractivity contribution in [1.29, 1.82) is 0 Å². The summed E-state index contributed by atoms with van der Waals surface area (Å²) in [5.41, 5.74) is 3.76. The summed E-state index contributed by atoms with van der Waals surface area (Å²) in [6, 6.07) is 18.8. The zero-order valence-electron chi connectivity index (χ0n) is 15.5. The SMILES string of the molecule is Cc1cccc(CCC(=O)NCC2CN(Cc3ccccc3)CCO2)c1. The third-order valence-electron chi connectivity index (χ3n) is 4.72. The van der Waals surface area contributed by atoms with E-state index in [1.165, 1.54) is 16.7 Å². The van der Waals surface area contributed by atoms with Crippen molar-refractivity contribution in [3.8, 4) is 0 Å². The van der Waals surface area contributed by atoms with Gasteiger partial charge in [0, 0.05) is 32.6 Å². The van der Waals surface area contributed by atoms with Gasteiger partial charge in [-0.1, -0.05) is 60.2 Å². The minimum Gasteiger partial charge on any atom is -0.374 e. The highest BCUT2D eigenvalue weighted by atomic mass is 16.5. The minimum atomic E-state index is 0.0652. The predicted molar refractivity (Wildman–Crippen MR) is 104 cm³/mol. The van der Waals surface area contributed by atoms with Crippen molar-refractivity contribution in [1.82, 2.24) is 10.2 Å². The normalized spacial score (nSPS) is 17.8. The first-order valence-corrected chi connectivity index (χ1v) is 9.39. The highest BCUT2D eigenvalue weighted by Gasteiger charge is 2.20. The Morgan fingerprint density at radius 1 is 1.15 bits per heavy atom. The number of amides is 1. The number of nitrogens with zero attached hydrogens (tertiary/aromatic N) is 1. The fourth-order valence-electron chi connectivity index (χ4n) is 3.33. The average molecular weight is 352 g/mol. The summed E-state index contributed by atoms with van der Waals surface area (Å²) in [4.78, 5) is 14.5. The molecule has 2 aromatic carbocycles. The Hall–Kier alpha value is -2.17. The fourth-order valence-corrected chi connectivity index (χ4v) is 3.33. The molecular weight excluding hydrogens is 324 g/mol. The van der Waals surface area contributed by atoms with Crippen LogP contribution in [0.1, 0.15) is 23.1 Å². The second kappa shape index (κ2) is 9.51. The maximum Gasteiger partial charge on any atom is 0.220 e. The van der Waals surface area contributed by atoms with Crippen molar-refractivity contribution in [2.24, 2.45) is 0 Å². The van der Waals surface area contributed by atoms with Crippen molar-refractivity contribution in [3.05, 3.63) is 71.3 Å². The molecule has 1 heterocycles. The molecule has 4 nitrogen and oxygen atoms in total. The van der Waals surface area contributed by atoms with Crippen LogP contribution in [-0.2, 0) is 22.5 Å². The first kappa shape index (κ1) is 18.6. The van der Waals surface area contributed by atoms with Crippen LogP contribution in [0.4, 0.5) is 0 Å². The molecule has 1 unspecified atom stereocenters. The van der Waals surface area contributed by atoms with Gasteiger partial charge in [0.2, 0.25) is 5.91 Å². The fraction of sp³-hybridized carbons (Fsp3) is 0.409. The Kier molecular flexibility index (Phi) is 6.81. The largest absolute Gasteiger partial charge is 0.374 e. The molecule has 2 aromatic rings. The molecule has 26 heavy (non-hydrogen) atoms. The van der Waals surface area contributed by atoms with Gasteiger partial charge >= 0.3 is 0 Å². The zero-order valence-corrected chi connectivity index (χ0v) is 15.5. The van der Waals surface area contributed by atoms with E-state index in [4.69, 9.17) is 4.74 Å². The third-order valence-corrected chi connectivity index (χ3v) is 4.72. The van der Waals surface area contributed by atoms with Gasteiger partial charge in [0.05, 0.1) is 12.7 Å². The monoisotopic (exact) mass is 352 g/mol. The van der Waals surface area contributed by atoms with Gasteiger partial charge in [-0.2, -0.15) is 0 Å². The summed E-state index contributed by atoms with van der Waals surface area (Å²) in [7, 11) is 0. The zero-order chi connectivity index (χ0) is 18.2. The maximum absolute atomic E-state index is 12.1. The summed E-state index contributed by atoms with van der Waals surface area (Å²) in [5, 5.41) is 3.03. The summed E-state index contributed by atoms with van der Waals surface area (Å²) in [5.74, 6) is 0.0929. The Morgan fingerprint density at radius 3 is 2.77 bits per heavy atom. The molecule has 1 aliphatic rings. The summed E-state index contributed by atoms with van der Waals surface area (Å²) < 4.78 is 5.82. The first-order chi connectivity index (χ1) is 12.7. The molecule has 1 atom stereocenters. The number of benzene rings is 2. The van der Waals surface area contributed by atoms with Gasteiger partial charge in [-0.05, 0) is 24.5 Å². The van der Waals surface area contributed by atoms with Crippen LogP contribution in [0.15, 0.2) is 54.6 Å². The van der Waals surface area contributed by atoms with Crippen molar-refractivity contribution >= 4 is 5.91 Å². The van der Waals surface area contributed by atoms with Gasteiger partial charge < -0.3 is 10.1 Å². The van der Waals surface area contributed by atoms with Crippen LogP contribution in [0, 0.1) is 6.92 Å². The van der Waals surface area contributed by atoms with E-state index in [0.717, 1.165) is 32.7 Å². The van der Waals surface area contributed by atoms with E-state index in [2.05, 4.69) is 59.6 Å². The molecular formula is C22H28N2O2. The number of carbonyl (C=O) groups is 1. The lowest BCUT2D eigenvalue weighted by molar-refractivity contribution is -0.122. The summed E-state index contributed by atoms with van der Waals surface area (Å²) >= 11 is 0.